The number of anilines is 1. The van der Waals surface area contributed by atoms with Crippen molar-refractivity contribution >= 4 is 11.4 Å². The molecule has 0 spiro atoms. The molecule has 0 aromatic heterocycles. The van der Waals surface area contributed by atoms with Gasteiger partial charge in [-0.05, 0) is 31.9 Å². The molecule has 1 aromatic carbocycles. The average molecular weight is 190 g/mol. The molecule has 76 valence electrons. The molecule has 0 radical (unpaired) electrons. The second kappa shape index (κ2) is 6.19. The van der Waals surface area contributed by atoms with E-state index in [0.717, 1.165) is 17.8 Å². The molecule has 0 saturated carbocycles. The molecule has 0 aliphatic heterocycles. The van der Waals surface area contributed by atoms with E-state index in [4.69, 9.17) is 0 Å². The van der Waals surface area contributed by atoms with E-state index in [2.05, 4.69) is 24.4 Å². The maximum atomic E-state index is 4.30. The Morgan fingerprint density at radius 3 is 2.64 bits per heavy atom. The second-order valence-corrected chi connectivity index (χ2v) is 3.43. The smallest absolute Gasteiger partial charge is 0.0561 e. The predicted octanol–water partition coefficient (Wildman–Crippen LogP) is 3.66. The van der Waals surface area contributed by atoms with Crippen LogP contribution in [-0.4, -0.2) is 5.71 Å². The summed E-state index contributed by atoms with van der Waals surface area (Å²) in [4.78, 5) is 0. The van der Waals surface area contributed by atoms with Crippen molar-refractivity contribution in [3.05, 3.63) is 30.3 Å². The molecule has 0 saturated heterocycles. The van der Waals surface area contributed by atoms with Gasteiger partial charge in [0.1, 0.15) is 0 Å². The molecule has 0 amide bonds. The molecule has 2 heteroatoms. The van der Waals surface area contributed by atoms with Gasteiger partial charge in [0.15, 0.2) is 0 Å². The minimum atomic E-state index is 1.04. The summed E-state index contributed by atoms with van der Waals surface area (Å²) in [7, 11) is 0. The Balaban J connectivity index is 2.39. The third kappa shape index (κ3) is 4.08. The quantitative estimate of drug-likeness (QED) is 0.556. The van der Waals surface area contributed by atoms with Gasteiger partial charge in [-0.15, -0.1) is 0 Å². The number of hydrazone groups is 1. The lowest BCUT2D eigenvalue weighted by Crippen LogP contribution is -1.97. The van der Waals surface area contributed by atoms with E-state index in [1.165, 1.54) is 12.8 Å². The Hall–Kier alpha value is -1.31. The molecule has 0 heterocycles. The van der Waals surface area contributed by atoms with Crippen molar-refractivity contribution in [2.24, 2.45) is 5.10 Å². The van der Waals surface area contributed by atoms with Crippen LogP contribution in [-0.2, 0) is 0 Å². The van der Waals surface area contributed by atoms with Crippen LogP contribution < -0.4 is 5.43 Å². The molecule has 0 aliphatic rings. The third-order valence-corrected chi connectivity index (χ3v) is 2.04. The summed E-state index contributed by atoms with van der Waals surface area (Å²) in [6.45, 7) is 4.25. The minimum Gasteiger partial charge on any atom is -0.279 e. The second-order valence-electron chi connectivity index (χ2n) is 3.43. The summed E-state index contributed by atoms with van der Waals surface area (Å²) < 4.78 is 0. The predicted molar refractivity (Wildman–Crippen MR) is 62.7 cm³/mol. The molecule has 14 heavy (non-hydrogen) atoms. The van der Waals surface area contributed by atoms with E-state index in [-0.39, 0.29) is 0 Å². The Kier molecular flexibility index (Phi) is 4.76. The lowest BCUT2D eigenvalue weighted by Gasteiger charge is -2.02. The molecule has 0 aliphatic carbocycles. The maximum Gasteiger partial charge on any atom is 0.0561 e. The van der Waals surface area contributed by atoms with Gasteiger partial charge in [-0.1, -0.05) is 31.5 Å². The molecular weight excluding hydrogens is 172 g/mol. The highest BCUT2D eigenvalue weighted by atomic mass is 15.3. The molecule has 1 rings (SSSR count). The van der Waals surface area contributed by atoms with E-state index in [1.807, 2.05) is 30.3 Å². The van der Waals surface area contributed by atoms with Crippen LogP contribution in [0.25, 0.3) is 0 Å². The maximum absolute atomic E-state index is 4.30. The van der Waals surface area contributed by atoms with Gasteiger partial charge in [0.25, 0.3) is 0 Å². The SMILES string of the molecule is CCCCC(C)=NNc1ccccc1. The molecular formula is C12H18N2. The zero-order valence-corrected chi connectivity index (χ0v) is 8.96. The topological polar surface area (TPSA) is 24.4 Å². The van der Waals surface area contributed by atoms with Crippen LogP contribution in [0.3, 0.4) is 0 Å². The Bertz CT molecular complexity index is 278. The number of nitrogens with one attached hydrogen (secondary N) is 1. The van der Waals surface area contributed by atoms with Gasteiger partial charge in [-0.2, -0.15) is 5.10 Å². The molecule has 0 bridgehead atoms. The van der Waals surface area contributed by atoms with Crippen LogP contribution in [0, 0.1) is 0 Å². The number of hydrogen-bond acceptors (Lipinski definition) is 2. The normalized spacial score (nSPS) is 11.4. The van der Waals surface area contributed by atoms with Crippen molar-refractivity contribution in [3.63, 3.8) is 0 Å². The van der Waals surface area contributed by atoms with Gasteiger partial charge in [-0.25, -0.2) is 0 Å². The number of benzene rings is 1. The summed E-state index contributed by atoms with van der Waals surface area (Å²) in [5.41, 5.74) is 5.25. The summed E-state index contributed by atoms with van der Waals surface area (Å²) in [5, 5.41) is 4.30. The molecule has 1 aromatic rings. The van der Waals surface area contributed by atoms with Crippen molar-refractivity contribution in [3.8, 4) is 0 Å². The first-order valence-corrected chi connectivity index (χ1v) is 5.17. The Morgan fingerprint density at radius 2 is 2.00 bits per heavy atom. The van der Waals surface area contributed by atoms with Gasteiger partial charge < -0.3 is 0 Å². The molecule has 1 N–H and O–H groups in total. The van der Waals surface area contributed by atoms with Crippen LogP contribution in [0.2, 0.25) is 0 Å². The Labute approximate surface area is 86.0 Å². The molecule has 2 nitrogen and oxygen atoms in total. The lowest BCUT2D eigenvalue weighted by molar-refractivity contribution is 0.832. The van der Waals surface area contributed by atoms with E-state index in [1.54, 1.807) is 0 Å². The van der Waals surface area contributed by atoms with Crippen molar-refractivity contribution in [1.82, 2.24) is 0 Å². The number of hydrogen-bond donors (Lipinski definition) is 1. The monoisotopic (exact) mass is 190 g/mol. The zero-order chi connectivity index (χ0) is 10.2. The van der Waals surface area contributed by atoms with Gasteiger partial charge in [-0.3, -0.25) is 5.43 Å². The summed E-state index contributed by atoms with van der Waals surface area (Å²) in [6, 6.07) is 10.0. The number of rotatable bonds is 5. The molecule has 0 unspecified atom stereocenters. The minimum absolute atomic E-state index is 1.04. The van der Waals surface area contributed by atoms with E-state index < -0.39 is 0 Å². The third-order valence-electron chi connectivity index (χ3n) is 2.04. The van der Waals surface area contributed by atoms with E-state index >= 15 is 0 Å². The van der Waals surface area contributed by atoms with Crippen molar-refractivity contribution in [2.45, 2.75) is 33.1 Å². The van der Waals surface area contributed by atoms with Crippen LogP contribution in [0.1, 0.15) is 33.1 Å². The summed E-state index contributed by atoms with van der Waals surface area (Å²) in [6.07, 6.45) is 3.51. The average Bonchev–Trinajstić information content (AvgIpc) is 2.25. The van der Waals surface area contributed by atoms with E-state index in [9.17, 15) is 0 Å². The van der Waals surface area contributed by atoms with Crippen LogP contribution in [0.4, 0.5) is 5.69 Å². The fourth-order valence-corrected chi connectivity index (χ4v) is 1.16. The zero-order valence-electron chi connectivity index (χ0n) is 8.96. The van der Waals surface area contributed by atoms with Gasteiger partial charge in [0, 0.05) is 5.71 Å². The summed E-state index contributed by atoms with van der Waals surface area (Å²) in [5.74, 6) is 0. The van der Waals surface area contributed by atoms with Gasteiger partial charge in [0.2, 0.25) is 0 Å². The fraction of sp³-hybridized carbons (Fsp3) is 0.417. The van der Waals surface area contributed by atoms with Crippen LogP contribution in [0.15, 0.2) is 35.4 Å². The van der Waals surface area contributed by atoms with Crippen LogP contribution in [0.5, 0.6) is 0 Å². The highest BCUT2D eigenvalue weighted by molar-refractivity contribution is 5.82. The highest BCUT2D eigenvalue weighted by Gasteiger charge is 1.90. The molecule has 0 fully saturated rings. The largest absolute Gasteiger partial charge is 0.279 e. The first-order chi connectivity index (χ1) is 6.83. The standard InChI is InChI=1S/C12H18N2/c1-3-4-8-11(2)13-14-12-9-6-5-7-10-12/h5-7,9-10,14H,3-4,8H2,1-2H3. The highest BCUT2D eigenvalue weighted by Crippen LogP contribution is 2.05. The first kappa shape index (κ1) is 10.8. The van der Waals surface area contributed by atoms with Crippen molar-refractivity contribution < 1.29 is 0 Å². The van der Waals surface area contributed by atoms with Gasteiger partial charge >= 0.3 is 0 Å². The summed E-state index contributed by atoms with van der Waals surface area (Å²) >= 11 is 0. The van der Waals surface area contributed by atoms with E-state index in [0.29, 0.717) is 0 Å². The fourth-order valence-electron chi connectivity index (χ4n) is 1.16. The van der Waals surface area contributed by atoms with Crippen molar-refractivity contribution in [1.29, 1.82) is 0 Å². The number of para-hydroxylation sites is 1. The van der Waals surface area contributed by atoms with Gasteiger partial charge in [0.05, 0.1) is 5.69 Å². The van der Waals surface area contributed by atoms with Crippen LogP contribution >= 0.6 is 0 Å². The lowest BCUT2D eigenvalue weighted by atomic mass is 10.2. The number of nitrogens with zero attached hydrogens (tertiary/aromatic N) is 1. The van der Waals surface area contributed by atoms with Crippen molar-refractivity contribution in [2.75, 3.05) is 5.43 Å². The number of unbranched alkanes of at least 4 members (excludes halogenated alkanes) is 1. The molecule has 0 atom stereocenters. The first-order valence-electron chi connectivity index (χ1n) is 5.17. The Morgan fingerprint density at radius 1 is 1.29 bits per heavy atom.